The van der Waals surface area contributed by atoms with E-state index in [1.54, 1.807) is 66.9 Å². The van der Waals surface area contributed by atoms with Crippen molar-refractivity contribution in [1.29, 1.82) is 0 Å². The second-order valence-electron chi connectivity index (χ2n) is 16.3. The van der Waals surface area contributed by atoms with E-state index in [0.29, 0.717) is 135 Å². The van der Waals surface area contributed by atoms with Crippen LogP contribution in [0, 0.1) is 5.82 Å². The maximum absolute atomic E-state index is 15.5. The first-order chi connectivity index (χ1) is 34.6. The van der Waals surface area contributed by atoms with Crippen LogP contribution in [-0.4, -0.2) is 120 Å². The van der Waals surface area contributed by atoms with Crippen molar-refractivity contribution < 1.29 is 52.0 Å². The largest absolute Gasteiger partial charge is 0.383 e. The second kappa shape index (κ2) is 26.9. The molecule has 1 atom stereocenters. The molecule has 4 aromatic carbocycles. The molecule has 2 aliphatic rings. The number of hydrogen-bond donors (Lipinski definition) is 7. The summed E-state index contributed by atoms with van der Waals surface area (Å²) in [5.41, 5.74) is 12.5. The van der Waals surface area contributed by atoms with Gasteiger partial charge in [-0.25, -0.2) is 9.37 Å². The molecule has 1 saturated heterocycles. The third kappa shape index (κ3) is 15.8. The van der Waals surface area contributed by atoms with Crippen molar-refractivity contribution in [2.45, 2.75) is 36.6 Å². The smallest absolute Gasteiger partial charge is 0.254 e. The second-order valence-corrected chi connectivity index (χ2v) is 17.2. The quantitative estimate of drug-likeness (QED) is 0.0192. The molecular weight excluding hydrogens is 936 g/mol. The van der Waals surface area contributed by atoms with E-state index in [9.17, 15) is 24.0 Å². The molecular formula is C51H57FN8O10S. The highest BCUT2D eigenvalue weighted by atomic mass is 32.2. The third-order valence-corrected chi connectivity index (χ3v) is 12.0. The fourth-order valence-corrected chi connectivity index (χ4v) is 8.21. The van der Waals surface area contributed by atoms with E-state index in [-0.39, 0.29) is 43.6 Å². The number of carbonyl (C=O) groups is 5. The molecule has 18 nitrogen and oxygen atoms in total. The molecule has 71 heavy (non-hydrogen) atoms. The number of rotatable bonds is 27. The number of nitrogens with zero attached hydrogens (tertiary/aromatic N) is 1. The summed E-state index contributed by atoms with van der Waals surface area (Å²) in [6.07, 6.45) is 2.85. The molecule has 7 rings (SSSR count). The summed E-state index contributed by atoms with van der Waals surface area (Å²) in [5.74, 6) is -1.68. The van der Waals surface area contributed by atoms with Crippen molar-refractivity contribution in [3.05, 3.63) is 120 Å². The Balaban J connectivity index is 0.688. The Morgan fingerprint density at radius 2 is 1.44 bits per heavy atom. The van der Waals surface area contributed by atoms with Gasteiger partial charge in [-0.1, -0.05) is 36.4 Å². The zero-order chi connectivity index (χ0) is 49.8. The molecule has 2 aliphatic heterocycles. The maximum Gasteiger partial charge on any atom is 0.254 e. The Kier molecular flexibility index (Phi) is 19.6. The summed E-state index contributed by atoms with van der Waals surface area (Å²) in [6.45, 7) is 4.63. The van der Waals surface area contributed by atoms with Crippen LogP contribution in [0.15, 0.2) is 102 Å². The van der Waals surface area contributed by atoms with Crippen molar-refractivity contribution in [2.75, 3.05) is 100 Å². The van der Waals surface area contributed by atoms with Crippen LogP contribution in [-0.2, 0) is 44.5 Å². The minimum absolute atomic E-state index is 0.100. The minimum atomic E-state index is -0.758. The van der Waals surface area contributed by atoms with Crippen LogP contribution in [0.5, 0.6) is 0 Å². The molecule has 0 aliphatic carbocycles. The van der Waals surface area contributed by atoms with Gasteiger partial charge >= 0.3 is 0 Å². The van der Waals surface area contributed by atoms with Crippen molar-refractivity contribution in [3.63, 3.8) is 0 Å². The Hall–Kier alpha value is -6.94. The van der Waals surface area contributed by atoms with Gasteiger partial charge in [-0.05, 0) is 90.5 Å². The number of hydrogen-bond acceptors (Lipinski definition) is 15. The number of anilines is 4. The highest BCUT2D eigenvalue weighted by molar-refractivity contribution is 8.00. The normalized spacial score (nSPS) is 14.3. The summed E-state index contributed by atoms with van der Waals surface area (Å²) < 4.78 is 46.5. The highest BCUT2D eigenvalue weighted by Crippen LogP contribution is 2.34. The molecule has 3 heterocycles. The van der Waals surface area contributed by atoms with Crippen LogP contribution < -0.4 is 37.0 Å². The molecule has 0 radical (unpaired) electrons. The molecule has 1 aromatic heterocycles. The molecule has 0 bridgehead atoms. The van der Waals surface area contributed by atoms with Gasteiger partial charge in [-0.3, -0.25) is 29.3 Å². The lowest BCUT2D eigenvalue weighted by molar-refractivity contribution is -0.134. The Labute approximate surface area is 414 Å². The number of halogens is 1. The van der Waals surface area contributed by atoms with E-state index >= 15 is 4.39 Å². The topological polar surface area (TPSA) is 243 Å². The fraction of sp³-hybridized carbons (Fsp3) is 0.333. The van der Waals surface area contributed by atoms with Gasteiger partial charge in [0.15, 0.2) is 0 Å². The number of nitrogen functional groups attached to an aromatic ring is 1. The number of nitrogens with two attached hydrogens (primary N) is 1. The van der Waals surface area contributed by atoms with Gasteiger partial charge in [0.2, 0.25) is 17.7 Å². The van der Waals surface area contributed by atoms with Crippen molar-refractivity contribution >= 4 is 64.4 Å². The van der Waals surface area contributed by atoms with E-state index in [1.165, 1.54) is 18.0 Å². The van der Waals surface area contributed by atoms with Crippen LogP contribution in [0.2, 0.25) is 0 Å². The van der Waals surface area contributed by atoms with Crippen LogP contribution in [0.1, 0.15) is 45.5 Å². The highest BCUT2D eigenvalue weighted by Gasteiger charge is 2.28. The van der Waals surface area contributed by atoms with E-state index in [1.807, 2.05) is 24.3 Å². The number of fused-ring (bicyclic) bond motifs is 1. The lowest BCUT2D eigenvalue weighted by atomic mass is 9.94. The summed E-state index contributed by atoms with van der Waals surface area (Å²) >= 11 is 1.23. The molecule has 0 saturated carbocycles. The van der Waals surface area contributed by atoms with Crippen LogP contribution in [0.25, 0.3) is 22.3 Å². The Bertz CT molecular complexity index is 2660. The molecule has 5 amide bonds. The van der Waals surface area contributed by atoms with Gasteiger partial charge in [0.05, 0.1) is 78.1 Å². The van der Waals surface area contributed by atoms with E-state index in [0.717, 1.165) is 11.1 Å². The van der Waals surface area contributed by atoms with Crippen LogP contribution in [0.3, 0.4) is 0 Å². The van der Waals surface area contributed by atoms with Crippen molar-refractivity contribution in [3.8, 4) is 22.3 Å². The van der Waals surface area contributed by atoms with Crippen LogP contribution >= 0.6 is 11.9 Å². The molecule has 5 aromatic rings. The Morgan fingerprint density at radius 1 is 0.732 bits per heavy atom. The van der Waals surface area contributed by atoms with Gasteiger partial charge in [-0.15, -0.1) is 0 Å². The average Bonchev–Trinajstić information content (AvgIpc) is 3.36. The number of carbonyl (C=O) groups excluding carboxylic acids is 5. The summed E-state index contributed by atoms with van der Waals surface area (Å²) in [5, 5.41) is 13.8. The first-order valence-electron chi connectivity index (χ1n) is 23.3. The van der Waals surface area contributed by atoms with Crippen molar-refractivity contribution in [2.24, 2.45) is 0 Å². The first kappa shape index (κ1) is 51.9. The molecule has 1 fully saturated rings. The van der Waals surface area contributed by atoms with Gasteiger partial charge in [0.1, 0.15) is 17.7 Å². The molecule has 1 unspecified atom stereocenters. The number of benzene rings is 4. The molecule has 374 valence electrons. The SMILES string of the molecule is Nc1ncc(-c2ccc(SNc3cccc(NC(=O)CCOCCOCCOCCOCCOCCNc4ccccc4C(=O)NC4CCC(=O)NC4=O)c3)cc2F)cc1-c1ccc2c(c1)CCNC2=O. The minimum Gasteiger partial charge on any atom is -0.383 e. The predicted octanol–water partition coefficient (Wildman–Crippen LogP) is 5.60. The number of pyridine rings is 1. The zero-order valence-corrected chi connectivity index (χ0v) is 39.8. The number of imide groups is 1. The van der Waals surface area contributed by atoms with Gasteiger partial charge in [0, 0.05) is 69.9 Å². The summed E-state index contributed by atoms with van der Waals surface area (Å²) in [7, 11) is 0. The lowest BCUT2D eigenvalue weighted by Gasteiger charge is -2.22. The van der Waals surface area contributed by atoms with Gasteiger partial charge in [0.25, 0.3) is 11.8 Å². The standard InChI is InChI=1S/C51H57FN8O10S/c52-43-31-38(9-11-39(43)35-29-42(48(53)56-32-35)33-8-10-40-34(28-33)14-16-55-49(40)63)71-60-37-5-3-4-36(30-37)57-47(62)15-18-66-20-22-68-24-26-70-27-25-69-23-21-67-19-17-54-44-7-2-1-6-41(44)50(64)58-45-12-13-46(61)59-51(45)65/h1-11,28-32,45,54,60H,12-27H2,(H2,53,56)(H,55,63)(H,57,62)(H,58,64)(H,59,61,65). The number of ether oxygens (including phenoxy) is 5. The number of amides is 5. The molecule has 0 spiro atoms. The fourth-order valence-electron chi connectivity index (χ4n) is 7.55. The van der Waals surface area contributed by atoms with Crippen molar-refractivity contribution in [1.82, 2.24) is 20.9 Å². The third-order valence-electron chi connectivity index (χ3n) is 11.2. The summed E-state index contributed by atoms with van der Waals surface area (Å²) in [6, 6.07) is 25.7. The monoisotopic (exact) mass is 992 g/mol. The van der Waals surface area contributed by atoms with Crippen LogP contribution in [0.4, 0.5) is 27.3 Å². The number of nitrogens with one attached hydrogen (secondary N) is 6. The lowest BCUT2D eigenvalue weighted by Crippen LogP contribution is -2.52. The summed E-state index contributed by atoms with van der Waals surface area (Å²) in [4.78, 5) is 66.0. The van der Waals surface area contributed by atoms with Gasteiger partial charge in [-0.2, -0.15) is 0 Å². The number of piperidine rings is 1. The first-order valence-corrected chi connectivity index (χ1v) is 24.1. The Morgan fingerprint density at radius 3 is 2.18 bits per heavy atom. The zero-order valence-electron chi connectivity index (χ0n) is 39.0. The average molecular weight is 993 g/mol. The van der Waals surface area contributed by atoms with E-state index in [4.69, 9.17) is 29.4 Å². The number of aromatic nitrogens is 1. The molecule has 8 N–H and O–H groups in total. The molecule has 20 heteroatoms. The number of para-hydroxylation sites is 1. The predicted molar refractivity (Wildman–Crippen MR) is 267 cm³/mol. The van der Waals surface area contributed by atoms with E-state index in [2.05, 4.69) is 36.3 Å². The van der Waals surface area contributed by atoms with E-state index < -0.39 is 23.7 Å². The van der Waals surface area contributed by atoms with Gasteiger partial charge < -0.3 is 55.4 Å². The maximum atomic E-state index is 15.5.